The number of nitrogens with one attached hydrogen (secondary N) is 1. The average molecular weight is 119 g/mol. The van der Waals surface area contributed by atoms with Crippen molar-refractivity contribution in [2.45, 2.75) is 0 Å². The van der Waals surface area contributed by atoms with Gasteiger partial charge in [-0.25, -0.2) is 0 Å². The Morgan fingerprint density at radius 2 is 2.33 bits per heavy atom. The zero-order valence-electron chi connectivity index (χ0n) is 5.17. The third kappa shape index (κ3) is 1.61. The monoisotopic (exact) mass is 119 g/mol. The van der Waals surface area contributed by atoms with Crippen molar-refractivity contribution in [3.63, 3.8) is 0 Å². The molecule has 0 aromatic rings. The maximum Gasteiger partial charge on any atom is 0.0379 e. The first kappa shape index (κ1) is 5.89. The summed E-state index contributed by atoms with van der Waals surface area (Å²) in [4.78, 5) is 0. The lowest BCUT2D eigenvalue weighted by molar-refractivity contribution is 1.09. The van der Waals surface area contributed by atoms with Crippen molar-refractivity contribution in [1.29, 1.82) is 0 Å². The van der Waals surface area contributed by atoms with Gasteiger partial charge in [-0.15, -0.1) is 0 Å². The van der Waals surface area contributed by atoms with Crippen molar-refractivity contribution >= 4 is 0 Å². The van der Waals surface area contributed by atoms with E-state index in [0.29, 0.717) is 0 Å². The van der Waals surface area contributed by atoms with Crippen molar-refractivity contribution in [1.82, 2.24) is 5.32 Å². The zero-order chi connectivity index (χ0) is 6.53. The summed E-state index contributed by atoms with van der Waals surface area (Å²) in [7, 11) is 0. The van der Waals surface area contributed by atoms with E-state index in [0.717, 1.165) is 5.70 Å². The lowest BCUT2D eigenvalue weighted by atomic mass is 10.2. The lowest BCUT2D eigenvalue weighted by Gasteiger charge is -2.04. The molecule has 0 heterocycles. The molecule has 0 saturated heterocycles. The van der Waals surface area contributed by atoms with Crippen molar-refractivity contribution < 1.29 is 0 Å². The van der Waals surface area contributed by atoms with Gasteiger partial charge in [-0.1, -0.05) is 18.7 Å². The summed E-state index contributed by atoms with van der Waals surface area (Å²) in [6, 6.07) is 0. The summed E-state index contributed by atoms with van der Waals surface area (Å²) in [5, 5.41) is 3.04. The Labute approximate surface area is 55.1 Å². The summed E-state index contributed by atoms with van der Waals surface area (Å²) in [6.07, 6.45) is 11.4. The molecule has 9 heavy (non-hydrogen) atoms. The fourth-order valence-electron chi connectivity index (χ4n) is 0.501. The number of allylic oxidation sites excluding steroid dienone is 5. The van der Waals surface area contributed by atoms with Crippen molar-refractivity contribution in [2.75, 3.05) is 0 Å². The Morgan fingerprint density at radius 1 is 1.56 bits per heavy atom. The fourth-order valence-corrected chi connectivity index (χ4v) is 0.501. The van der Waals surface area contributed by atoms with E-state index in [-0.39, 0.29) is 0 Å². The van der Waals surface area contributed by atoms with E-state index >= 15 is 0 Å². The first-order chi connectivity index (χ1) is 4.43. The number of hydrogen-bond acceptors (Lipinski definition) is 1. The molecule has 0 bridgehead atoms. The SMILES string of the molecule is C=C/C=C\NC1=CC=C1. The Kier molecular flexibility index (Phi) is 1.91. The van der Waals surface area contributed by atoms with Crippen LogP contribution in [-0.2, 0) is 0 Å². The minimum absolute atomic E-state index is 1.15. The molecule has 0 aliphatic heterocycles. The zero-order valence-corrected chi connectivity index (χ0v) is 5.17. The van der Waals surface area contributed by atoms with Crippen LogP contribution in [-0.4, -0.2) is 0 Å². The summed E-state index contributed by atoms with van der Waals surface area (Å²) < 4.78 is 0. The van der Waals surface area contributed by atoms with Gasteiger partial charge in [0.1, 0.15) is 0 Å². The first-order valence-corrected chi connectivity index (χ1v) is 2.86. The Balaban J connectivity index is 2.19. The molecule has 1 rings (SSSR count). The minimum Gasteiger partial charge on any atom is -0.362 e. The molecule has 0 aromatic carbocycles. The summed E-state index contributed by atoms with van der Waals surface area (Å²) in [5.74, 6) is 0. The van der Waals surface area contributed by atoms with Crippen LogP contribution in [0.25, 0.3) is 0 Å². The van der Waals surface area contributed by atoms with E-state index in [9.17, 15) is 0 Å². The average Bonchev–Trinajstić information content (AvgIpc) is 1.76. The predicted octanol–water partition coefficient (Wildman–Crippen LogP) is 1.73. The molecule has 0 aromatic heterocycles. The molecule has 1 nitrogen and oxygen atoms in total. The van der Waals surface area contributed by atoms with Gasteiger partial charge >= 0.3 is 0 Å². The molecule has 0 saturated carbocycles. The molecule has 0 atom stereocenters. The van der Waals surface area contributed by atoms with Crippen LogP contribution in [0.5, 0.6) is 0 Å². The molecule has 0 fully saturated rings. The number of hydrogen-bond donors (Lipinski definition) is 1. The summed E-state index contributed by atoms with van der Waals surface area (Å²) in [6.45, 7) is 3.54. The van der Waals surface area contributed by atoms with Crippen LogP contribution in [0.2, 0.25) is 0 Å². The van der Waals surface area contributed by atoms with Gasteiger partial charge in [0.15, 0.2) is 0 Å². The second-order valence-corrected chi connectivity index (χ2v) is 1.72. The van der Waals surface area contributed by atoms with Gasteiger partial charge in [-0.2, -0.15) is 0 Å². The highest BCUT2D eigenvalue weighted by Crippen LogP contribution is 2.01. The highest BCUT2D eigenvalue weighted by atomic mass is 14.8. The van der Waals surface area contributed by atoms with Gasteiger partial charge in [0.2, 0.25) is 0 Å². The summed E-state index contributed by atoms with van der Waals surface area (Å²) in [5.41, 5.74) is 1.15. The molecular weight excluding hydrogens is 110 g/mol. The van der Waals surface area contributed by atoms with Crippen LogP contribution in [0.15, 0.2) is 48.9 Å². The molecule has 1 heteroatoms. The van der Waals surface area contributed by atoms with E-state index < -0.39 is 0 Å². The van der Waals surface area contributed by atoms with Crippen LogP contribution in [0.4, 0.5) is 0 Å². The standard InChI is InChI=1S/C8H9N/c1-2-3-7-9-8-5-4-6-8/h2-7,9H,1H2/b7-3-. The molecule has 0 amide bonds. The molecule has 1 N–H and O–H groups in total. The van der Waals surface area contributed by atoms with Gasteiger partial charge in [-0.3, -0.25) is 0 Å². The fraction of sp³-hybridized carbons (Fsp3) is 0. The van der Waals surface area contributed by atoms with Gasteiger partial charge in [0.05, 0.1) is 0 Å². The van der Waals surface area contributed by atoms with Gasteiger partial charge < -0.3 is 5.32 Å². The van der Waals surface area contributed by atoms with E-state index in [1.165, 1.54) is 0 Å². The summed E-state index contributed by atoms with van der Waals surface area (Å²) >= 11 is 0. The van der Waals surface area contributed by atoms with Crippen LogP contribution in [0.3, 0.4) is 0 Å². The Bertz CT molecular complexity index is 185. The van der Waals surface area contributed by atoms with Crippen LogP contribution in [0, 0.1) is 0 Å². The van der Waals surface area contributed by atoms with Crippen molar-refractivity contribution in [3.8, 4) is 0 Å². The van der Waals surface area contributed by atoms with Crippen molar-refractivity contribution in [2.24, 2.45) is 0 Å². The lowest BCUT2D eigenvalue weighted by Crippen LogP contribution is -2.04. The molecule has 1 aliphatic rings. The highest BCUT2D eigenvalue weighted by molar-refractivity contribution is 5.34. The Morgan fingerprint density at radius 3 is 2.78 bits per heavy atom. The molecular formula is C8H9N. The topological polar surface area (TPSA) is 12.0 Å². The smallest absolute Gasteiger partial charge is 0.0379 e. The van der Waals surface area contributed by atoms with Crippen LogP contribution >= 0.6 is 0 Å². The quantitative estimate of drug-likeness (QED) is 0.558. The van der Waals surface area contributed by atoms with Crippen LogP contribution < -0.4 is 5.32 Å². The number of rotatable bonds is 3. The largest absolute Gasteiger partial charge is 0.362 e. The van der Waals surface area contributed by atoms with E-state index in [1.807, 2.05) is 30.5 Å². The molecule has 0 spiro atoms. The molecule has 1 aliphatic carbocycles. The van der Waals surface area contributed by atoms with E-state index in [4.69, 9.17) is 0 Å². The van der Waals surface area contributed by atoms with Crippen LogP contribution in [0.1, 0.15) is 0 Å². The molecule has 0 unspecified atom stereocenters. The maximum absolute atomic E-state index is 3.54. The highest BCUT2D eigenvalue weighted by Gasteiger charge is 1.90. The third-order valence-corrected chi connectivity index (χ3v) is 1.03. The normalized spacial score (nSPS) is 14.9. The molecule has 0 radical (unpaired) electrons. The minimum atomic E-state index is 1.15. The Hall–Kier alpha value is -1.24. The predicted molar refractivity (Wildman–Crippen MR) is 39.7 cm³/mol. The second-order valence-electron chi connectivity index (χ2n) is 1.72. The molecule has 46 valence electrons. The van der Waals surface area contributed by atoms with Gasteiger partial charge in [-0.05, 0) is 18.2 Å². The van der Waals surface area contributed by atoms with Gasteiger partial charge in [0, 0.05) is 11.9 Å². The van der Waals surface area contributed by atoms with E-state index in [2.05, 4.69) is 11.9 Å². The van der Waals surface area contributed by atoms with Crippen molar-refractivity contribution in [3.05, 3.63) is 48.9 Å². The first-order valence-electron chi connectivity index (χ1n) is 2.86. The second kappa shape index (κ2) is 2.92. The maximum atomic E-state index is 3.54. The third-order valence-electron chi connectivity index (χ3n) is 1.03. The van der Waals surface area contributed by atoms with Gasteiger partial charge in [0.25, 0.3) is 0 Å². The van der Waals surface area contributed by atoms with E-state index in [1.54, 1.807) is 6.08 Å².